The van der Waals surface area contributed by atoms with Crippen molar-refractivity contribution >= 4 is 39.1 Å². The fraction of sp³-hybridized carbons (Fsp3) is 0.278. The Labute approximate surface area is 283 Å². The number of carbonyl (C=O) groups is 2. The Morgan fingerprint density at radius 2 is 1.40 bits per heavy atom. The number of hydrogen-bond donors (Lipinski definition) is 1. The van der Waals surface area contributed by atoms with Crippen LogP contribution in [0.5, 0.6) is 0 Å². The molecule has 4 aromatic carbocycles. The van der Waals surface area contributed by atoms with Crippen LogP contribution < -0.4 is 9.62 Å². The highest BCUT2D eigenvalue weighted by Gasteiger charge is 2.38. The molecule has 1 unspecified atom stereocenters. The van der Waals surface area contributed by atoms with Crippen LogP contribution in [0.15, 0.2) is 114 Å². The largest absolute Gasteiger partial charge is 0.416 e. The fourth-order valence-electron chi connectivity index (χ4n) is 5.81. The Morgan fingerprint density at radius 3 is 1.98 bits per heavy atom. The van der Waals surface area contributed by atoms with E-state index in [9.17, 15) is 31.2 Å². The maximum Gasteiger partial charge on any atom is 0.416 e. The summed E-state index contributed by atoms with van der Waals surface area (Å²) in [5.74, 6) is -1.20. The van der Waals surface area contributed by atoms with Gasteiger partial charge in [0.05, 0.1) is 21.2 Å². The summed E-state index contributed by atoms with van der Waals surface area (Å²) in [5.41, 5.74) is -0.211. The van der Waals surface area contributed by atoms with Crippen molar-refractivity contribution < 1.29 is 31.2 Å². The van der Waals surface area contributed by atoms with Crippen LogP contribution in [0.1, 0.15) is 42.4 Å². The van der Waals surface area contributed by atoms with E-state index < -0.39 is 51.9 Å². The molecule has 48 heavy (non-hydrogen) atoms. The molecular weight excluding hydrogens is 663 g/mol. The van der Waals surface area contributed by atoms with Crippen molar-refractivity contribution in [2.24, 2.45) is 0 Å². The summed E-state index contributed by atoms with van der Waals surface area (Å²) < 4.78 is 70.4. The first-order chi connectivity index (χ1) is 22.9. The van der Waals surface area contributed by atoms with Gasteiger partial charge in [-0.3, -0.25) is 13.9 Å². The molecule has 1 aliphatic carbocycles. The molecule has 0 radical (unpaired) electrons. The summed E-state index contributed by atoms with van der Waals surface area (Å²) in [6.45, 7) is -0.988. The van der Waals surface area contributed by atoms with Crippen molar-refractivity contribution in [3.05, 3.63) is 131 Å². The van der Waals surface area contributed by atoms with Crippen molar-refractivity contribution in [2.75, 3.05) is 10.8 Å². The molecule has 0 aliphatic heterocycles. The van der Waals surface area contributed by atoms with Gasteiger partial charge in [-0.05, 0) is 54.3 Å². The van der Waals surface area contributed by atoms with E-state index in [2.05, 4.69) is 5.32 Å². The molecule has 0 spiro atoms. The lowest BCUT2D eigenvalue weighted by molar-refractivity contribution is -0.140. The molecule has 4 aromatic rings. The van der Waals surface area contributed by atoms with Crippen molar-refractivity contribution in [1.82, 2.24) is 10.2 Å². The molecule has 0 heterocycles. The van der Waals surface area contributed by atoms with Crippen LogP contribution >= 0.6 is 11.6 Å². The number of nitrogens with zero attached hydrogens (tertiary/aromatic N) is 2. The minimum Gasteiger partial charge on any atom is -0.352 e. The number of anilines is 1. The zero-order valence-corrected chi connectivity index (χ0v) is 27.5. The standard InChI is InChI=1S/C36H35ClF3N3O4S/c37-31-21-20-28(36(38,39)40)23-32(31)43(48(46,47)30-18-8-3-9-19-30)25-34(44)42(24-27-14-6-2-7-15-27)33(22-26-12-4-1-5-13-26)35(45)41-29-16-10-11-17-29/h1-9,12-15,18-21,23,29,33H,10-11,16-17,22,24-25H2,(H,41,45). The Balaban J connectivity index is 1.60. The van der Waals surface area contributed by atoms with Gasteiger partial charge < -0.3 is 10.2 Å². The molecule has 1 aliphatic rings. The monoisotopic (exact) mass is 697 g/mol. The molecule has 0 bridgehead atoms. The maximum absolute atomic E-state index is 14.6. The molecule has 7 nitrogen and oxygen atoms in total. The third-order valence-electron chi connectivity index (χ3n) is 8.32. The summed E-state index contributed by atoms with van der Waals surface area (Å²) >= 11 is 6.38. The third kappa shape index (κ3) is 8.56. The van der Waals surface area contributed by atoms with Gasteiger partial charge in [0.15, 0.2) is 0 Å². The van der Waals surface area contributed by atoms with Crippen LogP contribution in [0.25, 0.3) is 0 Å². The molecule has 2 amide bonds. The highest BCUT2D eigenvalue weighted by Crippen LogP contribution is 2.37. The van der Waals surface area contributed by atoms with Gasteiger partial charge in [-0.15, -0.1) is 0 Å². The van der Waals surface area contributed by atoms with Gasteiger partial charge in [0.25, 0.3) is 10.0 Å². The Bertz CT molecular complexity index is 1800. The summed E-state index contributed by atoms with van der Waals surface area (Å²) in [6.07, 6.45) is -1.17. The van der Waals surface area contributed by atoms with Crippen LogP contribution in [0.3, 0.4) is 0 Å². The summed E-state index contributed by atoms with van der Waals surface area (Å²) in [4.78, 5) is 29.6. The van der Waals surface area contributed by atoms with E-state index in [0.717, 1.165) is 43.4 Å². The second-order valence-electron chi connectivity index (χ2n) is 11.7. The SMILES string of the molecule is O=C(NC1CCCC1)C(Cc1ccccc1)N(Cc1ccccc1)C(=O)CN(c1cc(C(F)(F)F)ccc1Cl)S(=O)(=O)c1ccccc1. The average molecular weight is 698 g/mol. The van der Waals surface area contributed by atoms with Crippen LogP contribution in [-0.2, 0) is 38.8 Å². The van der Waals surface area contributed by atoms with Crippen LogP contribution in [0.2, 0.25) is 5.02 Å². The van der Waals surface area contributed by atoms with Gasteiger partial charge in [0.1, 0.15) is 12.6 Å². The molecule has 1 atom stereocenters. The Kier molecular flexibility index (Phi) is 11.1. The Morgan fingerprint density at radius 1 is 0.833 bits per heavy atom. The molecule has 1 saturated carbocycles. The van der Waals surface area contributed by atoms with Crippen LogP contribution in [0.4, 0.5) is 18.9 Å². The lowest BCUT2D eigenvalue weighted by atomic mass is 10.0. The van der Waals surface area contributed by atoms with E-state index in [1.807, 2.05) is 30.3 Å². The predicted octanol–water partition coefficient (Wildman–Crippen LogP) is 7.25. The number of halogens is 4. The lowest BCUT2D eigenvalue weighted by Gasteiger charge is -2.34. The maximum atomic E-state index is 14.6. The van der Waals surface area contributed by atoms with E-state index in [1.165, 1.54) is 29.2 Å². The number of carbonyl (C=O) groups excluding carboxylic acids is 2. The lowest BCUT2D eigenvalue weighted by Crippen LogP contribution is -2.54. The number of alkyl halides is 3. The van der Waals surface area contributed by atoms with E-state index >= 15 is 0 Å². The number of hydrogen-bond acceptors (Lipinski definition) is 4. The first-order valence-corrected chi connectivity index (χ1v) is 17.4. The quantitative estimate of drug-likeness (QED) is 0.169. The number of sulfonamides is 1. The molecule has 1 N–H and O–H groups in total. The second kappa shape index (κ2) is 15.3. The van der Waals surface area contributed by atoms with Crippen molar-refractivity contribution in [2.45, 2.75) is 61.8 Å². The average Bonchev–Trinajstić information content (AvgIpc) is 3.59. The minimum atomic E-state index is -4.82. The Hall–Kier alpha value is -4.35. The van der Waals surface area contributed by atoms with Gasteiger partial charge >= 0.3 is 6.18 Å². The third-order valence-corrected chi connectivity index (χ3v) is 10.4. The molecule has 0 saturated heterocycles. The van der Waals surface area contributed by atoms with Gasteiger partial charge in [-0.2, -0.15) is 13.2 Å². The van der Waals surface area contributed by atoms with Crippen LogP contribution in [-0.4, -0.2) is 43.8 Å². The normalized spacial score (nSPS) is 14.3. The first-order valence-electron chi connectivity index (χ1n) is 15.6. The zero-order valence-electron chi connectivity index (χ0n) is 25.9. The predicted molar refractivity (Wildman–Crippen MR) is 179 cm³/mol. The number of nitrogens with one attached hydrogen (secondary N) is 1. The number of rotatable bonds is 12. The molecule has 12 heteroatoms. The summed E-state index contributed by atoms with van der Waals surface area (Å²) in [5, 5.41) is 2.78. The number of amides is 2. The topological polar surface area (TPSA) is 86.8 Å². The molecule has 5 rings (SSSR count). The smallest absolute Gasteiger partial charge is 0.352 e. The van der Waals surface area contributed by atoms with Crippen molar-refractivity contribution in [3.63, 3.8) is 0 Å². The highest BCUT2D eigenvalue weighted by atomic mass is 35.5. The zero-order chi connectivity index (χ0) is 34.3. The summed E-state index contributed by atoms with van der Waals surface area (Å²) in [6, 6.07) is 26.3. The molecule has 0 aromatic heterocycles. The van der Waals surface area contributed by atoms with Gasteiger partial charge in [-0.1, -0.05) is 103 Å². The van der Waals surface area contributed by atoms with E-state index in [0.29, 0.717) is 15.9 Å². The first kappa shape index (κ1) is 35.0. The molecule has 252 valence electrons. The number of benzene rings is 4. The van der Waals surface area contributed by atoms with Gasteiger partial charge in [0.2, 0.25) is 11.8 Å². The van der Waals surface area contributed by atoms with Gasteiger partial charge in [-0.25, -0.2) is 8.42 Å². The molecule has 1 fully saturated rings. The van der Waals surface area contributed by atoms with Crippen molar-refractivity contribution in [1.29, 1.82) is 0 Å². The van der Waals surface area contributed by atoms with Gasteiger partial charge in [0, 0.05) is 19.0 Å². The molecular formula is C36H35ClF3N3O4S. The van der Waals surface area contributed by atoms with E-state index in [1.54, 1.807) is 36.4 Å². The van der Waals surface area contributed by atoms with Crippen molar-refractivity contribution in [3.8, 4) is 0 Å². The van der Waals surface area contributed by atoms with E-state index in [-0.39, 0.29) is 28.9 Å². The minimum absolute atomic E-state index is 0.0647. The van der Waals surface area contributed by atoms with Crippen LogP contribution in [0, 0.1) is 0 Å². The second-order valence-corrected chi connectivity index (χ2v) is 14.0. The highest BCUT2D eigenvalue weighted by molar-refractivity contribution is 7.92. The summed E-state index contributed by atoms with van der Waals surface area (Å²) in [7, 11) is -4.63. The van der Waals surface area contributed by atoms with E-state index in [4.69, 9.17) is 11.6 Å². The fourth-order valence-corrected chi connectivity index (χ4v) is 7.53.